The van der Waals surface area contributed by atoms with Crippen molar-refractivity contribution in [1.29, 1.82) is 0 Å². The largest absolute Gasteiger partial charge is 1.00 e. The van der Waals surface area contributed by atoms with Gasteiger partial charge in [-0.2, -0.15) is 4.99 Å². The van der Waals surface area contributed by atoms with Crippen molar-refractivity contribution in [2.45, 2.75) is 16.7 Å². The summed E-state index contributed by atoms with van der Waals surface area (Å²) in [5, 5.41) is 4.40. The summed E-state index contributed by atoms with van der Waals surface area (Å²) in [6.45, 7) is 1.21. The molecule has 1 N–H and O–H groups in total. The van der Waals surface area contributed by atoms with Crippen LogP contribution < -0.4 is 64.4 Å². The topological polar surface area (TPSA) is 156 Å². The average molecular weight is 498 g/mol. The number of nitrogens with zero attached hydrogens (tertiary/aromatic N) is 1. The predicted octanol–water partition coefficient (Wildman–Crippen LogP) is -3.63. The first-order chi connectivity index (χ1) is 13.4. The summed E-state index contributed by atoms with van der Waals surface area (Å²) in [5.41, 5.74) is 0.0659. The van der Waals surface area contributed by atoms with Crippen LogP contribution in [0.1, 0.15) is 18.1 Å². The summed E-state index contributed by atoms with van der Waals surface area (Å²) in [4.78, 5) is 13.5. The van der Waals surface area contributed by atoms with E-state index >= 15 is 0 Å². The van der Waals surface area contributed by atoms with E-state index in [-0.39, 0.29) is 81.6 Å². The molecule has 0 aliphatic heterocycles. The molecule has 0 spiro atoms. The second-order valence-electron chi connectivity index (χ2n) is 5.60. The first kappa shape index (κ1) is 30.3. The number of carbonyl (C=O) groups is 1. The van der Waals surface area contributed by atoms with Gasteiger partial charge in [0, 0.05) is 12.6 Å². The molecule has 0 bridgehead atoms. The summed E-state index contributed by atoms with van der Waals surface area (Å²) in [7, 11) is -9.80. The zero-order valence-corrected chi connectivity index (χ0v) is 23.1. The van der Waals surface area contributed by atoms with Crippen LogP contribution in [0.15, 0.2) is 51.2 Å². The fourth-order valence-corrected chi connectivity index (χ4v) is 3.84. The van der Waals surface area contributed by atoms with Crippen LogP contribution in [0.2, 0.25) is 0 Å². The standard InChI is InChI=1S/C17H14N2O7S3.2Na/c1-11(20)19-15-7-5-13(17(9-15)29(24,25)26)3-2-12-4-6-14(18-10-27)8-16(12)28(21,22)23;;/h2-9H,1H3,(H,19,20)(H,21,22,23)(H,24,25,26);;/q;2*+1/p-2. The molecule has 2 rings (SSSR count). The van der Waals surface area contributed by atoms with E-state index in [4.69, 9.17) is 0 Å². The van der Waals surface area contributed by atoms with Crippen LogP contribution in [0.25, 0.3) is 12.2 Å². The van der Waals surface area contributed by atoms with E-state index in [0.29, 0.717) is 0 Å². The molecule has 152 valence electrons. The van der Waals surface area contributed by atoms with Crippen LogP contribution in [0.5, 0.6) is 0 Å². The molecule has 1 amide bonds. The minimum absolute atomic E-state index is 0. The van der Waals surface area contributed by atoms with E-state index in [1.54, 1.807) is 0 Å². The molecule has 2 aromatic carbocycles. The second kappa shape index (κ2) is 12.5. The van der Waals surface area contributed by atoms with E-state index in [1.807, 2.05) is 5.16 Å². The zero-order chi connectivity index (χ0) is 21.8. The number of isothiocyanates is 1. The number of benzene rings is 2. The van der Waals surface area contributed by atoms with Crippen LogP contribution in [0, 0.1) is 0 Å². The molecule has 2 aromatic rings. The molecule has 31 heavy (non-hydrogen) atoms. The minimum atomic E-state index is -4.92. The van der Waals surface area contributed by atoms with Crippen molar-refractivity contribution in [3.8, 4) is 0 Å². The van der Waals surface area contributed by atoms with Crippen LogP contribution in [0.4, 0.5) is 11.4 Å². The fraction of sp³-hybridized carbons (Fsp3) is 0.0588. The SMILES string of the molecule is CC(=O)Nc1ccc(C=Cc2ccc(N=C=S)cc2S(=O)(=O)[O-])c(S(=O)(=O)[O-])c1.[Na+].[Na+]. The molecule has 0 saturated heterocycles. The Morgan fingerprint density at radius 2 is 1.45 bits per heavy atom. The number of hydrogen-bond donors (Lipinski definition) is 1. The number of anilines is 1. The Labute approximate surface area is 229 Å². The van der Waals surface area contributed by atoms with Crippen LogP contribution >= 0.6 is 12.2 Å². The minimum Gasteiger partial charge on any atom is -0.744 e. The van der Waals surface area contributed by atoms with Gasteiger partial charge in [-0.15, -0.1) is 0 Å². The number of carbonyl (C=O) groups excluding carboxylic acids is 1. The number of aliphatic imine (C=N–C) groups is 1. The first-order valence-corrected chi connectivity index (χ1v) is 10.9. The molecule has 14 heteroatoms. The number of nitrogens with one attached hydrogen (secondary N) is 1. The number of rotatable bonds is 6. The van der Waals surface area contributed by atoms with Gasteiger partial charge in [0.15, 0.2) is 0 Å². The second-order valence-corrected chi connectivity index (χ2v) is 8.48. The molecule has 0 aliphatic carbocycles. The molecule has 0 saturated carbocycles. The molecule has 9 nitrogen and oxygen atoms in total. The smallest absolute Gasteiger partial charge is 0.744 e. The van der Waals surface area contributed by atoms with Crippen molar-refractivity contribution in [2.24, 2.45) is 4.99 Å². The number of thiocarbonyl (C=S) groups is 1. The molecular formula is C17H12N2Na2O7S3. The maximum absolute atomic E-state index is 11.6. The Morgan fingerprint density at radius 1 is 0.968 bits per heavy atom. The monoisotopic (exact) mass is 498 g/mol. The van der Waals surface area contributed by atoms with Gasteiger partial charge >= 0.3 is 59.1 Å². The molecule has 0 atom stereocenters. The van der Waals surface area contributed by atoms with Crippen molar-refractivity contribution < 1.29 is 89.9 Å². The normalized spacial score (nSPS) is 11.1. The molecule has 0 aliphatic rings. The van der Waals surface area contributed by atoms with Crippen LogP contribution in [-0.2, 0) is 25.0 Å². The Morgan fingerprint density at radius 3 is 1.90 bits per heavy atom. The maximum Gasteiger partial charge on any atom is 1.00 e. The molecule has 0 radical (unpaired) electrons. The van der Waals surface area contributed by atoms with Gasteiger partial charge < -0.3 is 14.4 Å². The van der Waals surface area contributed by atoms with E-state index in [9.17, 15) is 30.7 Å². The van der Waals surface area contributed by atoms with Gasteiger partial charge in [-0.3, -0.25) is 4.79 Å². The van der Waals surface area contributed by atoms with Gasteiger partial charge in [-0.25, -0.2) is 16.8 Å². The molecule has 0 unspecified atom stereocenters. The van der Waals surface area contributed by atoms with Crippen LogP contribution in [0.3, 0.4) is 0 Å². The van der Waals surface area contributed by atoms with Crippen molar-refractivity contribution in [3.63, 3.8) is 0 Å². The van der Waals surface area contributed by atoms with Gasteiger partial charge in [-0.1, -0.05) is 24.3 Å². The average Bonchev–Trinajstić information content (AvgIpc) is 2.59. The zero-order valence-electron chi connectivity index (χ0n) is 16.6. The summed E-state index contributed by atoms with van der Waals surface area (Å²) in [5.74, 6) is -0.466. The third-order valence-electron chi connectivity index (χ3n) is 3.49. The Kier molecular flexibility index (Phi) is 12.2. The molecule has 0 aromatic heterocycles. The van der Waals surface area contributed by atoms with E-state index < -0.39 is 35.9 Å². The molecular weight excluding hydrogens is 486 g/mol. The summed E-state index contributed by atoms with van der Waals surface area (Å²) in [6.07, 6.45) is 2.33. The maximum atomic E-state index is 11.6. The molecule has 0 heterocycles. The summed E-state index contributed by atoms with van der Waals surface area (Å²) >= 11 is 4.43. The first-order valence-electron chi connectivity index (χ1n) is 7.65. The van der Waals surface area contributed by atoms with Gasteiger partial charge in [0.05, 0.1) is 20.6 Å². The summed E-state index contributed by atoms with van der Waals surface area (Å²) < 4.78 is 69.3. The Bertz CT molecular complexity index is 1270. The third kappa shape index (κ3) is 8.97. The van der Waals surface area contributed by atoms with Crippen molar-refractivity contribution in [3.05, 3.63) is 47.5 Å². The van der Waals surface area contributed by atoms with Gasteiger partial charge in [0.1, 0.15) is 20.2 Å². The van der Waals surface area contributed by atoms with E-state index in [2.05, 4.69) is 22.5 Å². The summed E-state index contributed by atoms with van der Waals surface area (Å²) in [6, 6.07) is 7.22. The van der Waals surface area contributed by atoms with Crippen molar-refractivity contribution in [1.82, 2.24) is 0 Å². The Balaban J connectivity index is 0.00000450. The molecule has 0 fully saturated rings. The van der Waals surface area contributed by atoms with E-state index in [1.165, 1.54) is 31.2 Å². The number of hydrogen-bond acceptors (Lipinski definition) is 9. The van der Waals surface area contributed by atoms with Gasteiger partial charge in [-0.05, 0) is 47.6 Å². The number of amides is 1. The fourth-order valence-electron chi connectivity index (χ4n) is 2.35. The van der Waals surface area contributed by atoms with Gasteiger partial charge in [0.25, 0.3) is 0 Å². The predicted molar refractivity (Wildman–Crippen MR) is 107 cm³/mol. The third-order valence-corrected chi connectivity index (χ3v) is 5.36. The quantitative estimate of drug-likeness (QED) is 0.141. The van der Waals surface area contributed by atoms with Gasteiger partial charge in [0.2, 0.25) is 5.91 Å². The van der Waals surface area contributed by atoms with Crippen molar-refractivity contribution in [2.75, 3.05) is 5.32 Å². The van der Waals surface area contributed by atoms with Crippen molar-refractivity contribution >= 4 is 67.0 Å². The Hall–Kier alpha value is -0.730. The van der Waals surface area contributed by atoms with Crippen LogP contribution in [-0.4, -0.2) is 37.0 Å². The van der Waals surface area contributed by atoms with E-state index in [0.717, 1.165) is 24.3 Å².